The van der Waals surface area contributed by atoms with Gasteiger partial charge in [-0.05, 0) is 30.0 Å². The minimum absolute atomic E-state index is 0.0208. The summed E-state index contributed by atoms with van der Waals surface area (Å²) in [7, 11) is 0. The van der Waals surface area contributed by atoms with E-state index in [9.17, 15) is 4.79 Å². The number of alkyl halides is 1. The van der Waals surface area contributed by atoms with E-state index >= 15 is 0 Å². The van der Waals surface area contributed by atoms with E-state index in [4.69, 9.17) is 34.8 Å². The fourth-order valence-electron chi connectivity index (χ4n) is 1.74. The standard InChI is InChI=1S/C14H18Cl3NO/c1-14(2,3)12(6-7-15)18-13(19)10-8-9(16)4-5-11(10)17/h4-5,8,12H,6-7H2,1-3H3,(H,18,19). The Bertz CT molecular complexity index is 454. The molecule has 0 aromatic heterocycles. The summed E-state index contributed by atoms with van der Waals surface area (Å²) in [4.78, 5) is 12.3. The second-order valence-corrected chi connectivity index (χ2v) is 6.72. The average molecular weight is 323 g/mol. The lowest BCUT2D eigenvalue weighted by atomic mass is 9.85. The third-order valence-corrected chi connectivity index (χ3v) is 3.70. The van der Waals surface area contributed by atoms with Crippen LogP contribution >= 0.6 is 34.8 Å². The Hall–Kier alpha value is -0.440. The van der Waals surface area contributed by atoms with Gasteiger partial charge in [0.15, 0.2) is 0 Å². The number of benzene rings is 1. The molecule has 19 heavy (non-hydrogen) atoms. The summed E-state index contributed by atoms with van der Waals surface area (Å²) in [6, 6.07) is 4.82. The monoisotopic (exact) mass is 321 g/mol. The number of halogens is 3. The Balaban J connectivity index is 2.91. The van der Waals surface area contributed by atoms with Crippen molar-refractivity contribution in [1.29, 1.82) is 0 Å². The normalized spacial score (nSPS) is 13.2. The molecule has 0 fully saturated rings. The summed E-state index contributed by atoms with van der Waals surface area (Å²) in [6.45, 7) is 6.18. The molecule has 1 amide bonds. The van der Waals surface area contributed by atoms with Gasteiger partial charge in [-0.1, -0.05) is 44.0 Å². The highest BCUT2D eigenvalue weighted by atomic mass is 35.5. The van der Waals surface area contributed by atoms with E-state index in [1.807, 2.05) is 0 Å². The van der Waals surface area contributed by atoms with Crippen LogP contribution in [0.1, 0.15) is 37.6 Å². The maximum absolute atomic E-state index is 12.3. The largest absolute Gasteiger partial charge is 0.349 e. The fourth-order valence-corrected chi connectivity index (χ4v) is 2.33. The van der Waals surface area contributed by atoms with Gasteiger partial charge >= 0.3 is 0 Å². The molecule has 1 unspecified atom stereocenters. The summed E-state index contributed by atoms with van der Waals surface area (Å²) >= 11 is 17.7. The zero-order chi connectivity index (χ0) is 14.6. The molecule has 0 saturated heterocycles. The van der Waals surface area contributed by atoms with E-state index in [0.29, 0.717) is 27.9 Å². The van der Waals surface area contributed by atoms with Gasteiger partial charge in [-0.3, -0.25) is 4.79 Å². The molecule has 0 aliphatic carbocycles. The van der Waals surface area contributed by atoms with Crippen molar-refractivity contribution in [2.24, 2.45) is 5.41 Å². The molecule has 0 bridgehead atoms. The lowest BCUT2D eigenvalue weighted by Gasteiger charge is -2.31. The first-order valence-electron chi connectivity index (χ1n) is 6.07. The van der Waals surface area contributed by atoms with Crippen LogP contribution < -0.4 is 5.32 Å². The zero-order valence-corrected chi connectivity index (χ0v) is 13.5. The van der Waals surface area contributed by atoms with Gasteiger partial charge in [-0.15, -0.1) is 11.6 Å². The van der Waals surface area contributed by atoms with Crippen molar-refractivity contribution in [2.75, 3.05) is 5.88 Å². The van der Waals surface area contributed by atoms with Crippen molar-refractivity contribution in [3.8, 4) is 0 Å². The molecule has 0 aliphatic heterocycles. The second kappa shape index (κ2) is 6.83. The van der Waals surface area contributed by atoms with Crippen molar-refractivity contribution in [3.63, 3.8) is 0 Å². The quantitative estimate of drug-likeness (QED) is 0.795. The molecule has 1 rings (SSSR count). The van der Waals surface area contributed by atoms with Gasteiger partial charge in [0.25, 0.3) is 5.91 Å². The Labute approximate surface area is 129 Å². The van der Waals surface area contributed by atoms with Crippen LogP contribution in [0.15, 0.2) is 18.2 Å². The van der Waals surface area contributed by atoms with E-state index in [-0.39, 0.29) is 17.4 Å². The van der Waals surface area contributed by atoms with E-state index in [2.05, 4.69) is 26.1 Å². The van der Waals surface area contributed by atoms with Crippen molar-refractivity contribution in [2.45, 2.75) is 33.2 Å². The first-order chi connectivity index (χ1) is 8.75. The summed E-state index contributed by atoms with van der Waals surface area (Å²) in [5.41, 5.74) is 0.313. The molecule has 0 spiro atoms. The minimum Gasteiger partial charge on any atom is -0.349 e. The lowest BCUT2D eigenvalue weighted by Crippen LogP contribution is -2.44. The van der Waals surface area contributed by atoms with Gasteiger partial charge < -0.3 is 5.32 Å². The molecule has 0 saturated carbocycles. The van der Waals surface area contributed by atoms with Gasteiger partial charge in [-0.2, -0.15) is 0 Å². The van der Waals surface area contributed by atoms with Crippen molar-refractivity contribution in [1.82, 2.24) is 5.32 Å². The third-order valence-electron chi connectivity index (χ3n) is 2.92. The smallest absolute Gasteiger partial charge is 0.253 e. The van der Waals surface area contributed by atoms with Crippen molar-refractivity contribution >= 4 is 40.7 Å². The molecular formula is C14H18Cl3NO. The third kappa shape index (κ3) is 4.87. The van der Waals surface area contributed by atoms with Crippen LogP contribution in [0.5, 0.6) is 0 Å². The Morgan fingerprint density at radius 2 is 1.95 bits per heavy atom. The van der Waals surface area contributed by atoms with Crippen LogP contribution in [-0.2, 0) is 0 Å². The minimum atomic E-state index is -0.224. The second-order valence-electron chi connectivity index (χ2n) is 5.49. The van der Waals surface area contributed by atoms with Crippen molar-refractivity contribution < 1.29 is 4.79 Å². The average Bonchev–Trinajstić information content (AvgIpc) is 2.30. The van der Waals surface area contributed by atoms with Crippen LogP contribution in [0, 0.1) is 5.41 Å². The Morgan fingerprint density at radius 3 is 2.47 bits per heavy atom. The summed E-state index contributed by atoms with van der Waals surface area (Å²) < 4.78 is 0. The van der Waals surface area contributed by atoms with E-state index < -0.39 is 0 Å². The first-order valence-corrected chi connectivity index (χ1v) is 7.36. The van der Waals surface area contributed by atoms with E-state index in [0.717, 1.165) is 0 Å². The van der Waals surface area contributed by atoms with Crippen LogP contribution in [0.25, 0.3) is 0 Å². The maximum Gasteiger partial charge on any atom is 0.253 e. The van der Waals surface area contributed by atoms with Gasteiger partial charge in [-0.25, -0.2) is 0 Å². The molecule has 5 heteroatoms. The predicted octanol–water partition coefficient (Wildman–Crippen LogP) is 4.77. The van der Waals surface area contributed by atoms with E-state index in [1.54, 1.807) is 18.2 Å². The highest BCUT2D eigenvalue weighted by Gasteiger charge is 2.26. The molecule has 1 aromatic carbocycles. The first kappa shape index (κ1) is 16.6. The number of rotatable bonds is 4. The molecule has 0 radical (unpaired) electrons. The molecule has 0 aliphatic rings. The summed E-state index contributed by atoms with van der Waals surface area (Å²) in [6.07, 6.45) is 0.703. The molecule has 106 valence electrons. The lowest BCUT2D eigenvalue weighted by molar-refractivity contribution is 0.0900. The van der Waals surface area contributed by atoms with Gasteiger partial charge in [0.05, 0.1) is 10.6 Å². The summed E-state index contributed by atoms with van der Waals surface area (Å²) in [5.74, 6) is 0.267. The van der Waals surface area contributed by atoms with Crippen LogP contribution in [0.2, 0.25) is 10.0 Å². The number of hydrogen-bond acceptors (Lipinski definition) is 1. The molecule has 0 heterocycles. The SMILES string of the molecule is CC(C)(C)C(CCCl)NC(=O)c1cc(Cl)ccc1Cl. The molecule has 2 nitrogen and oxygen atoms in total. The Morgan fingerprint density at radius 1 is 1.32 bits per heavy atom. The summed E-state index contributed by atoms with van der Waals surface area (Å²) in [5, 5.41) is 3.85. The molecular weight excluding hydrogens is 305 g/mol. The van der Waals surface area contributed by atoms with Gasteiger partial charge in [0, 0.05) is 16.9 Å². The van der Waals surface area contributed by atoms with Gasteiger partial charge in [0.2, 0.25) is 0 Å². The Kier molecular flexibility index (Phi) is 5.97. The fraction of sp³-hybridized carbons (Fsp3) is 0.500. The zero-order valence-electron chi connectivity index (χ0n) is 11.3. The van der Waals surface area contributed by atoms with Crippen LogP contribution in [-0.4, -0.2) is 17.8 Å². The maximum atomic E-state index is 12.3. The number of carbonyl (C=O) groups is 1. The highest BCUT2D eigenvalue weighted by Crippen LogP contribution is 2.25. The van der Waals surface area contributed by atoms with Crippen LogP contribution in [0.4, 0.5) is 0 Å². The highest BCUT2D eigenvalue weighted by molar-refractivity contribution is 6.35. The predicted molar refractivity (Wildman–Crippen MR) is 82.5 cm³/mol. The van der Waals surface area contributed by atoms with Crippen LogP contribution in [0.3, 0.4) is 0 Å². The molecule has 1 N–H and O–H groups in total. The van der Waals surface area contributed by atoms with Gasteiger partial charge in [0.1, 0.15) is 0 Å². The molecule has 1 atom stereocenters. The topological polar surface area (TPSA) is 29.1 Å². The van der Waals surface area contributed by atoms with Crippen molar-refractivity contribution in [3.05, 3.63) is 33.8 Å². The number of amides is 1. The number of hydrogen-bond donors (Lipinski definition) is 1. The number of nitrogens with one attached hydrogen (secondary N) is 1. The molecule has 1 aromatic rings. The number of carbonyl (C=O) groups excluding carboxylic acids is 1. The van der Waals surface area contributed by atoms with E-state index in [1.165, 1.54) is 0 Å².